The second kappa shape index (κ2) is 6.21. The van der Waals surface area contributed by atoms with Crippen molar-refractivity contribution in [2.75, 3.05) is 17.8 Å². The van der Waals surface area contributed by atoms with Gasteiger partial charge in [-0.3, -0.25) is 9.52 Å². The average molecular weight is 333 g/mol. The summed E-state index contributed by atoms with van der Waals surface area (Å²) in [7, 11) is -3.78. The lowest BCUT2D eigenvalue weighted by Gasteiger charge is -2.30. The summed E-state index contributed by atoms with van der Waals surface area (Å²) in [5.74, 6) is -1.62. The van der Waals surface area contributed by atoms with Crippen LogP contribution < -0.4 is 4.72 Å². The van der Waals surface area contributed by atoms with Crippen LogP contribution in [-0.2, 0) is 15.0 Å². The Balaban J connectivity index is 2.18. The Morgan fingerprint density at radius 3 is 2.86 bits per heavy atom. The highest BCUT2D eigenvalue weighted by Gasteiger charge is 2.32. The number of nitrogens with one attached hydrogen (secondary N) is 1. The van der Waals surface area contributed by atoms with Crippen LogP contribution in [0.25, 0.3) is 0 Å². The summed E-state index contributed by atoms with van der Waals surface area (Å²) in [6.45, 7) is 2.08. The molecule has 6 nitrogen and oxygen atoms in total. The number of piperidine rings is 1. The zero-order valence-electron chi connectivity index (χ0n) is 11.5. The first kappa shape index (κ1) is 16.1. The van der Waals surface area contributed by atoms with Gasteiger partial charge in [0.2, 0.25) is 0 Å². The molecule has 1 fully saturated rings. The molecular weight excluding hydrogens is 316 g/mol. The summed E-state index contributed by atoms with van der Waals surface area (Å²) in [4.78, 5) is 11.0. The normalized spacial score (nSPS) is 20.2. The first-order valence-electron chi connectivity index (χ1n) is 6.56. The maximum absolute atomic E-state index is 12.4. The van der Waals surface area contributed by atoms with Crippen LogP contribution >= 0.6 is 11.6 Å². The van der Waals surface area contributed by atoms with Gasteiger partial charge in [0.05, 0.1) is 11.6 Å². The summed E-state index contributed by atoms with van der Waals surface area (Å²) in [5.41, 5.74) is 1.15. The number of hydrogen-bond acceptors (Lipinski definition) is 3. The molecule has 1 aromatic rings. The lowest BCUT2D eigenvalue weighted by molar-refractivity contribution is -0.142. The van der Waals surface area contributed by atoms with E-state index in [-0.39, 0.29) is 6.54 Å². The number of hydrogen-bond donors (Lipinski definition) is 2. The molecule has 0 aliphatic carbocycles. The predicted octanol–water partition coefficient (Wildman–Crippen LogP) is 2.10. The van der Waals surface area contributed by atoms with Gasteiger partial charge in [-0.2, -0.15) is 12.7 Å². The van der Waals surface area contributed by atoms with E-state index in [0.29, 0.717) is 30.1 Å². The van der Waals surface area contributed by atoms with Crippen LogP contribution in [0.15, 0.2) is 18.2 Å². The van der Waals surface area contributed by atoms with Crippen molar-refractivity contribution in [3.8, 4) is 0 Å². The molecule has 0 saturated carbocycles. The second-order valence-electron chi connectivity index (χ2n) is 5.10. The van der Waals surface area contributed by atoms with Crippen LogP contribution in [0.1, 0.15) is 18.4 Å². The largest absolute Gasteiger partial charge is 0.481 e. The van der Waals surface area contributed by atoms with E-state index in [4.69, 9.17) is 16.7 Å². The minimum Gasteiger partial charge on any atom is -0.481 e. The molecule has 1 saturated heterocycles. The summed E-state index contributed by atoms with van der Waals surface area (Å²) in [5, 5.41) is 9.46. The van der Waals surface area contributed by atoms with Crippen molar-refractivity contribution in [2.24, 2.45) is 5.92 Å². The SMILES string of the molecule is Cc1ccc(Cl)cc1NS(=O)(=O)N1CCCC(C(=O)O)C1. The molecule has 116 valence electrons. The van der Waals surface area contributed by atoms with Crippen LogP contribution in [-0.4, -0.2) is 36.9 Å². The van der Waals surface area contributed by atoms with E-state index in [9.17, 15) is 13.2 Å². The van der Waals surface area contributed by atoms with Crippen molar-refractivity contribution in [2.45, 2.75) is 19.8 Å². The molecule has 1 atom stereocenters. The minimum absolute atomic E-state index is 0.00964. The van der Waals surface area contributed by atoms with Crippen LogP contribution in [0.2, 0.25) is 5.02 Å². The molecule has 1 heterocycles. The third-order valence-electron chi connectivity index (χ3n) is 3.51. The number of aliphatic carboxylic acids is 1. The van der Waals surface area contributed by atoms with Gasteiger partial charge in [0.1, 0.15) is 0 Å². The number of rotatable bonds is 4. The van der Waals surface area contributed by atoms with Crippen molar-refractivity contribution < 1.29 is 18.3 Å². The van der Waals surface area contributed by atoms with E-state index in [2.05, 4.69) is 4.72 Å². The van der Waals surface area contributed by atoms with E-state index in [1.807, 2.05) is 0 Å². The molecule has 1 aliphatic heterocycles. The van der Waals surface area contributed by atoms with Crippen molar-refractivity contribution in [3.05, 3.63) is 28.8 Å². The number of benzene rings is 1. The van der Waals surface area contributed by atoms with Gasteiger partial charge in [-0.05, 0) is 37.5 Å². The minimum atomic E-state index is -3.78. The fourth-order valence-corrected chi connectivity index (χ4v) is 3.81. The number of carbonyl (C=O) groups is 1. The number of carboxylic acids is 1. The van der Waals surface area contributed by atoms with Crippen molar-refractivity contribution >= 4 is 33.5 Å². The van der Waals surface area contributed by atoms with Crippen molar-refractivity contribution in [3.63, 3.8) is 0 Å². The smallest absolute Gasteiger partial charge is 0.307 e. The van der Waals surface area contributed by atoms with Gasteiger partial charge >= 0.3 is 16.2 Å². The van der Waals surface area contributed by atoms with Gasteiger partial charge in [-0.25, -0.2) is 0 Å². The van der Waals surface area contributed by atoms with Gasteiger partial charge in [-0.1, -0.05) is 17.7 Å². The quantitative estimate of drug-likeness (QED) is 0.884. The highest BCUT2D eigenvalue weighted by atomic mass is 35.5. The van der Waals surface area contributed by atoms with E-state index in [1.165, 1.54) is 10.4 Å². The Kier molecular flexibility index (Phi) is 4.75. The molecule has 0 aromatic heterocycles. The molecule has 21 heavy (non-hydrogen) atoms. The number of anilines is 1. The van der Waals surface area contributed by atoms with E-state index in [0.717, 1.165) is 5.56 Å². The molecule has 2 N–H and O–H groups in total. The molecule has 8 heteroatoms. The first-order chi connectivity index (χ1) is 9.79. The van der Waals surface area contributed by atoms with E-state index >= 15 is 0 Å². The lowest BCUT2D eigenvalue weighted by atomic mass is 10.0. The number of aryl methyl sites for hydroxylation is 1. The number of halogens is 1. The topological polar surface area (TPSA) is 86.7 Å². The first-order valence-corrected chi connectivity index (χ1v) is 8.38. The monoisotopic (exact) mass is 332 g/mol. The van der Waals surface area contributed by atoms with Gasteiger partial charge in [-0.15, -0.1) is 0 Å². The zero-order chi connectivity index (χ0) is 15.6. The maximum Gasteiger partial charge on any atom is 0.307 e. The van der Waals surface area contributed by atoms with E-state index in [1.54, 1.807) is 19.1 Å². The molecule has 1 aromatic carbocycles. The molecule has 2 rings (SSSR count). The summed E-state index contributed by atoms with van der Waals surface area (Å²) >= 11 is 5.87. The van der Waals surface area contributed by atoms with Gasteiger partial charge in [0, 0.05) is 18.1 Å². The fraction of sp³-hybridized carbons (Fsp3) is 0.462. The van der Waals surface area contributed by atoms with Crippen LogP contribution in [0.4, 0.5) is 5.69 Å². The van der Waals surface area contributed by atoms with Crippen LogP contribution in [0.3, 0.4) is 0 Å². The van der Waals surface area contributed by atoms with Crippen molar-refractivity contribution in [1.29, 1.82) is 0 Å². The van der Waals surface area contributed by atoms with Gasteiger partial charge in [0.25, 0.3) is 0 Å². The average Bonchev–Trinajstić information content (AvgIpc) is 2.43. The summed E-state index contributed by atoms with van der Waals surface area (Å²) in [6, 6.07) is 4.93. The molecule has 0 amide bonds. The Hall–Kier alpha value is -1.31. The Bertz CT molecular complexity index is 648. The lowest BCUT2D eigenvalue weighted by Crippen LogP contribution is -2.44. The highest BCUT2D eigenvalue weighted by Crippen LogP contribution is 2.24. The molecule has 0 radical (unpaired) electrons. The second-order valence-corrected chi connectivity index (χ2v) is 7.21. The van der Waals surface area contributed by atoms with Gasteiger partial charge < -0.3 is 5.11 Å². The third-order valence-corrected chi connectivity index (χ3v) is 5.24. The summed E-state index contributed by atoms with van der Waals surface area (Å²) in [6.07, 6.45) is 1.03. The summed E-state index contributed by atoms with van der Waals surface area (Å²) < 4.78 is 28.4. The zero-order valence-corrected chi connectivity index (χ0v) is 13.1. The third kappa shape index (κ3) is 3.87. The molecular formula is C13H17ClN2O4S. The Morgan fingerprint density at radius 2 is 2.19 bits per heavy atom. The van der Waals surface area contributed by atoms with Crippen molar-refractivity contribution in [1.82, 2.24) is 4.31 Å². The highest BCUT2D eigenvalue weighted by molar-refractivity contribution is 7.90. The Morgan fingerprint density at radius 1 is 1.48 bits per heavy atom. The fourth-order valence-electron chi connectivity index (χ4n) is 2.27. The molecule has 1 aliphatic rings. The molecule has 0 spiro atoms. The molecule has 1 unspecified atom stereocenters. The predicted molar refractivity (Wildman–Crippen MR) is 80.7 cm³/mol. The van der Waals surface area contributed by atoms with Crippen LogP contribution in [0, 0.1) is 12.8 Å². The standard InChI is InChI=1S/C13H17ClN2O4S/c1-9-4-5-11(14)7-12(9)15-21(19,20)16-6-2-3-10(8-16)13(17)18/h4-5,7,10,15H,2-3,6,8H2,1H3,(H,17,18). The number of carboxylic acid groups (broad SMARTS) is 1. The van der Waals surface area contributed by atoms with Crippen LogP contribution in [0.5, 0.6) is 0 Å². The van der Waals surface area contributed by atoms with E-state index < -0.39 is 22.1 Å². The number of nitrogens with zero attached hydrogens (tertiary/aromatic N) is 1. The van der Waals surface area contributed by atoms with Gasteiger partial charge in [0.15, 0.2) is 0 Å². The molecule has 0 bridgehead atoms. The maximum atomic E-state index is 12.4. The Labute approximate surface area is 128 Å².